The summed E-state index contributed by atoms with van der Waals surface area (Å²) in [5.74, 6) is 9.21. The quantitative estimate of drug-likeness (QED) is 0.0448. The largest absolute Gasteiger partial charge is 0.446 e. The Bertz CT molecular complexity index is 2870. The number of halogens is 2. The lowest BCUT2D eigenvalue weighted by molar-refractivity contribution is -0.138. The van der Waals surface area contributed by atoms with Crippen LogP contribution in [0.25, 0.3) is 0 Å². The summed E-state index contributed by atoms with van der Waals surface area (Å²) in [6, 6.07) is 32.8. The van der Waals surface area contributed by atoms with Gasteiger partial charge in [0.15, 0.2) is 11.4 Å². The van der Waals surface area contributed by atoms with Crippen LogP contribution in [0.2, 0.25) is 0 Å². The lowest BCUT2D eigenvalue weighted by Gasteiger charge is -2.27. The summed E-state index contributed by atoms with van der Waals surface area (Å²) in [5.41, 5.74) is 3.66. The minimum absolute atomic E-state index is 0. The molecule has 0 spiro atoms. The van der Waals surface area contributed by atoms with Gasteiger partial charge in [0.2, 0.25) is 35.4 Å². The first-order valence-corrected chi connectivity index (χ1v) is 26.2. The van der Waals surface area contributed by atoms with Gasteiger partial charge in [-0.05, 0) is 87.7 Å². The number of likely N-dealkylation sites (N-methyl/N-ethyl adjacent to an activating group) is 2. The molecule has 6 amide bonds. The molecule has 4 heterocycles. The van der Waals surface area contributed by atoms with E-state index in [2.05, 4.69) is 65.6 Å². The third kappa shape index (κ3) is 15.3. The molecule has 2 aliphatic rings. The molecule has 80 heavy (non-hydrogen) atoms. The third-order valence-corrected chi connectivity index (χ3v) is 14.0. The Balaban J connectivity index is 0.00000516. The molecule has 0 saturated carbocycles. The van der Waals surface area contributed by atoms with Crippen LogP contribution < -0.4 is 31.9 Å². The Morgan fingerprint density at radius 1 is 0.525 bits per heavy atom. The summed E-state index contributed by atoms with van der Waals surface area (Å²) in [6.07, 6.45) is 4.62. The van der Waals surface area contributed by atoms with Crippen LogP contribution in [0.5, 0.6) is 0 Å². The van der Waals surface area contributed by atoms with Crippen molar-refractivity contribution in [2.24, 2.45) is 0 Å². The Morgan fingerprint density at radius 2 is 0.850 bits per heavy atom. The average Bonchev–Trinajstić information content (AvgIpc) is 4.35. The topological polar surface area (TPSA) is 233 Å². The van der Waals surface area contributed by atoms with E-state index >= 15 is 0 Å². The summed E-state index contributed by atoms with van der Waals surface area (Å²) < 4.78 is 11.8. The van der Waals surface area contributed by atoms with Gasteiger partial charge in [-0.25, -0.2) is 9.97 Å². The molecule has 6 N–H and O–H groups in total. The summed E-state index contributed by atoms with van der Waals surface area (Å²) in [4.78, 5) is 95.0. The van der Waals surface area contributed by atoms with Crippen molar-refractivity contribution in [1.82, 2.24) is 51.7 Å². The highest BCUT2D eigenvalue weighted by Crippen LogP contribution is 2.34. The van der Waals surface area contributed by atoms with E-state index in [1.54, 1.807) is 37.7 Å². The summed E-state index contributed by atoms with van der Waals surface area (Å²) >= 11 is 0. The van der Waals surface area contributed by atoms with Crippen LogP contribution in [0.4, 0.5) is 0 Å². The predicted molar refractivity (Wildman–Crippen MR) is 305 cm³/mol. The number of carbonyl (C=O) groups is 6. The molecule has 0 aliphatic carbocycles. The average molecular weight is 1130 g/mol. The second-order valence-corrected chi connectivity index (χ2v) is 19.1. The fraction of sp³-hybridized carbons (Fsp3) is 0.333. The molecule has 2 aromatic heterocycles. The van der Waals surface area contributed by atoms with Crippen LogP contribution in [0.1, 0.15) is 132 Å². The van der Waals surface area contributed by atoms with Crippen molar-refractivity contribution in [1.29, 1.82) is 0 Å². The van der Waals surface area contributed by atoms with E-state index in [1.807, 2.05) is 121 Å². The first kappa shape index (κ1) is 61.0. The summed E-state index contributed by atoms with van der Waals surface area (Å²) in [7, 11) is 3.27. The Kier molecular flexibility index (Phi) is 22.6. The van der Waals surface area contributed by atoms with Crippen molar-refractivity contribution in [2.45, 2.75) is 101 Å². The second kappa shape index (κ2) is 29.6. The van der Waals surface area contributed by atoms with E-state index in [9.17, 15) is 28.8 Å². The number of nitrogens with zero attached hydrogens (tertiary/aromatic N) is 4. The lowest BCUT2D eigenvalue weighted by atomic mass is 9.98. The minimum Gasteiger partial charge on any atom is -0.446 e. The van der Waals surface area contributed by atoms with Crippen LogP contribution in [-0.2, 0) is 19.2 Å². The first-order valence-electron chi connectivity index (χ1n) is 26.2. The van der Waals surface area contributed by atoms with Gasteiger partial charge in [-0.1, -0.05) is 133 Å². The molecule has 2 saturated heterocycles. The highest BCUT2D eigenvalue weighted by molar-refractivity contribution is 5.94. The molecular weight excluding hydrogens is 1060 g/mol. The van der Waals surface area contributed by atoms with Gasteiger partial charge in [0.1, 0.15) is 36.7 Å². The Labute approximate surface area is 478 Å². The fourth-order valence-electron chi connectivity index (χ4n) is 9.43. The normalized spacial score (nSPS) is 16.0. The third-order valence-electron chi connectivity index (χ3n) is 14.0. The predicted octanol–water partition coefficient (Wildman–Crippen LogP) is 6.54. The Morgan fingerprint density at radius 3 is 1.16 bits per heavy atom. The van der Waals surface area contributed by atoms with Crippen LogP contribution in [0.3, 0.4) is 0 Å². The maximum Gasteiger partial charge on any atom is 0.273 e. The number of oxazole rings is 2. The maximum absolute atomic E-state index is 14.4. The van der Waals surface area contributed by atoms with Crippen molar-refractivity contribution < 1.29 is 37.6 Å². The van der Waals surface area contributed by atoms with Crippen molar-refractivity contribution in [2.75, 3.05) is 27.2 Å². The number of hydrogen-bond donors (Lipinski definition) is 6. The lowest BCUT2D eigenvalue weighted by Crippen LogP contribution is -2.52. The Hall–Kier alpha value is -8.26. The highest BCUT2D eigenvalue weighted by atomic mass is 35.5. The van der Waals surface area contributed by atoms with Gasteiger partial charge in [0, 0.05) is 25.9 Å². The molecule has 18 nitrogen and oxygen atoms in total. The van der Waals surface area contributed by atoms with Gasteiger partial charge in [0.25, 0.3) is 11.8 Å². The zero-order valence-corrected chi connectivity index (χ0v) is 46.5. The minimum atomic E-state index is -1.09. The number of likely N-dealkylation sites (tertiary alicyclic amines) is 2. The number of aromatic nitrogens is 2. The number of rotatable bonds is 20. The smallest absolute Gasteiger partial charge is 0.273 e. The van der Waals surface area contributed by atoms with E-state index in [0.29, 0.717) is 38.8 Å². The van der Waals surface area contributed by atoms with Crippen LogP contribution >= 0.6 is 24.8 Å². The number of nitrogens with one attached hydrogen (secondary N) is 6. The molecule has 2 fully saturated rings. The van der Waals surface area contributed by atoms with Gasteiger partial charge in [-0.15, -0.1) is 24.8 Å². The highest BCUT2D eigenvalue weighted by Gasteiger charge is 2.39. The van der Waals surface area contributed by atoms with Crippen LogP contribution in [0.15, 0.2) is 143 Å². The first-order chi connectivity index (χ1) is 37.9. The molecule has 4 aromatic carbocycles. The second-order valence-electron chi connectivity index (χ2n) is 19.1. The van der Waals surface area contributed by atoms with Gasteiger partial charge >= 0.3 is 0 Å². The standard InChI is InChI=1S/C60H64N10O8.2ClH/c1-39(61-3)53(71)63-45(59(75)69-35-21-33-49(69)57-65-47(37-77-57)55(73)67-51(41-23-11-7-12-24-41)42-25-13-8-14-26-42)31-19-5-6-20-32-46(64-54(72)40(2)62-4)60(76)70-36-22-34-50(70)58-66-48(38-78-58)56(74)68-52(43-27-15-9-16-28-43)44-29-17-10-18-30-44;;/h7-18,23-30,37-40,45-46,49-52,61-62H,21-22,31-36H2,1-4H3,(H,63,71)(H,64,72)(H,67,73)(H,68,74);2*1H/t39-,40-,45-,46-,49-,50-;;/m0../s1. The number of carbonyl (C=O) groups excluding carboxylic acids is 6. The number of hydrogen-bond acceptors (Lipinski definition) is 12. The summed E-state index contributed by atoms with van der Waals surface area (Å²) in [6.45, 7) is 4.03. The summed E-state index contributed by atoms with van der Waals surface area (Å²) in [5, 5.41) is 17.6. The molecule has 418 valence electrons. The zero-order chi connectivity index (χ0) is 55.0. The molecule has 6 aromatic rings. The van der Waals surface area contributed by atoms with E-state index in [0.717, 1.165) is 22.3 Å². The molecule has 2 aliphatic heterocycles. The van der Waals surface area contributed by atoms with Gasteiger partial charge in [-0.3, -0.25) is 28.8 Å². The fourth-order valence-corrected chi connectivity index (χ4v) is 9.43. The molecule has 0 radical (unpaired) electrons. The van der Waals surface area contributed by atoms with Crippen molar-refractivity contribution in [3.05, 3.63) is 179 Å². The van der Waals surface area contributed by atoms with Crippen molar-refractivity contribution in [3.63, 3.8) is 0 Å². The number of amides is 6. The van der Waals surface area contributed by atoms with E-state index in [1.165, 1.54) is 12.5 Å². The van der Waals surface area contributed by atoms with E-state index < -0.39 is 83.8 Å². The molecule has 20 heteroatoms. The zero-order valence-electron chi connectivity index (χ0n) is 44.8. The van der Waals surface area contributed by atoms with E-state index in [4.69, 9.17) is 8.83 Å². The maximum atomic E-state index is 14.4. The van der Waals surface area contributed by atoms with Crippen LogP contribution in [0, 0.1) is 23.7 Å². The number of benzene rings is 4. The molecule has 6 atom stereocenters. The molecule has 0 bridgehead atoms. The van der Waals surface area contributed by atoms with Crippen molar-refractivity contribution in [3.8, 4) is 23.7 Å². The van der Waals surface area contributed by atoms with Gasteiger partial charge < -0.3 is 50.5 Å². The molecular formula is C60H66Cl2N10O8. The SMILES string of the molecule is CN[C@@H](C)C(=O)N[C@@H](CC#CC#CC[C@H](NC(=O)[C@H](C)NC)C(=O)N1CCC[C@H]1c1nc(C(=O)NC(c2ccccc2)c2ccccc2)co1)C(=O)N1CCC[C@H]1c1nc(C(=O)NC(c2ccccc2)c2ccccc2)co1.Cl.Cl. The van der Waals surface area contributed by atoms with Crippen LogP contribution in [-0.4, -0.2) is 107 Å². The molecule has 8 rings (SSSR count). The van der Waals surface area contributed by atoms with Gasteiger partial charge in [-0.2, -0.15) is 0 Å². The van der Waals surface area contributed by atoms with Gasteiger partial charge in [0.05, 0.1) is 24.2 Å². The van der Waals surface area contributed by atoms with E-state index in [-0.39, 0.29) is 60.8 Å². The monoisotopic (exact) mass is 1120 g/mol. The molecule has 0 unspecified atom stereocenters. The van der Waals surface area contributed by atoms with Crippen molar-refractivity contribution >= 4 is 60.3 Å².